The second kappa shape index (κ2) is 6.80. The summed E-state index contributed by atoms with van der Waals surface area (Å²) in [6, 6.07) is 7.10. The number of benzene rings is 1. The van der Waals surface area contributed by atoms with E-state index in [4.69, 9.17) is 10.5 Å². The Kier molecular flexibility index (Phi) is 5.07. The Morgan fingerprint density at radius 1 is 1.43 bits per heavy atom. The van der Waals surface area contributed by atoms with Crippen LogP contribution in [0.3, 0.4) is 0 Å². The van der Waals surface area contributed by atoms with Crippen molar-refractivity contribution in [1.82, 2.24) is 5.32 Å². The molecule has 4 N–H and O–H groups in total. The van der Waals surface area contributed by atoms with Crippen LogP contribution in [0.5, 0.6) is 5.75 Å². The highest BCUT2D eigenvalue weighted by Crippen LogP contribution is 2.31. The van der Waals surface area contributed by atoms with Crippen molar-refractivity contribution >= 4 is 11.7 Å². The molecule has 0 bridgehead atoms. The Morgan fingerprint density at radius 2 is 2.14 bits per heavy atom. The summed E-state index contributed by atoms with van der Waals surface area (Å²) in [4.78, 5) is 12.2. The van der Waals surface area contributed by atoms with Gasteiger partial charge in [-0.25, -0.2) is 4.79 Å². The van der Waals surface area contributed by atoms with Crippen LogP contribution in [0.1, 0.15) is 32.6 Å². The van der Waals surface area contributed by atoms with Gasteiger partial charge in [-0.3, -0.25) is 0 Å². The van der Waals surface area contributed by atoms with Gasteiger partial charge in [0.25, 0.3) is 0 Å². The van der Waals surface area contributed by atoms with Crippen LogP contribution in [0.2, 0.25) is 0 Å². The molecule has 0 saturated heterocycles. The minimum absolute atomic E-state index is 0.205. The molecule has 0 aliphatic heterocycles. The van der Waals surface area contributed by atoms with Crippen molar-refractivity contribution in [2.45, 2.75) is 38.1 Å². The molecule has 1 aromatic carbocycles. The number of ether oxygens (including phenoxy) is 1. The molecule has 2 amide bonds. The molecule has 0 radical (unpaired) electrons. The van der Waals surface area contributed by atoms with E-state index in [1.807, 2.05) is 18.2 Å². The van der Waals surface area contributed by atoms with Crippen LogP contribution in [-0.2, 0) is 0 Å². The SMILES string of the molecule is COc1cccc(NC(=O)NC2(CN)CCC(C)CC2)c1. The fraction of sp³-hybridized carbons (Fsp3) is 0.562. The van der Waals surface area contributed by atoms with Gasteiger partial charge in [0.1, 0.15) is 5.75 Å². The summed E-state index contributed by atoms with van der Waals surface area (Å²) in [5.74, 6) is 1.43. The lowest BCUT2D eigenvalue weighted by molar-refractivity contribution is 0.196. The van der Waals surface area contributed by atoms with Gasteiger partial charge in [-0.05, 0) is 43.7 Å². The number of hydrogen-bond acceptors (Lipinski definition) is 3. The third-order valence-electron chi connectivity index (χ3n) is 4.33. The van der Waals surface area contributed by atoms with Gasteiger partial charge < -0.3 is 21.1 Å². The first-order chi connectivity index (χ1) is 10.1. The molecule has 0 spiro atoms. The van der Waals surface area contributed by atoms with E-state index >= 15 is 0 Å². The number of rotatable bonds is 4. The quantitative estimate of drug-likeness (QED) is 0.798. The highest BCUT2D eigenvalue weighted by atomic mass is 16.5. The number of carbonyl (C=O) groups excluding carboxylic acids is 1. The zero-order valence-corrected chi connectivity index (χ0v) is 12.8. The average molecular weight is 291 g/mol. The second-order valence-corrected chi connectivity index (χ2v) is 5.98. The van der Waals surface area contributed by atoms with Crippen LogP contribution in [0.4, 0.5) is 10.5 Å². The molecule has 0 heterocycles. The molecule has 116 valence electrons. The number of nitrogens with one attached hydrogen (secondary N) is 2. The number of carbonyl (C=O) groups is 1. The van der Waals surface area contributed by atoms with Crippen molar-refractivity contribution in [2.75, 3.05) is 19.0 Å². The standard InChI is InChI=1S/C16H25N3O2/c1-12-6-8-16(11-17,9-7-12)19-15(20)18-13-4-3-5-14(10-13)21-2/h3-5,10,12H,6-9,11,17H2,1-2H3,(H2,18,19,20). The molecule has 0 aromatic heterocycles. The molecule has 21 heavy (non-hydrogen) atoms. The zero-order chi connectivity index (χ0) is 15.3. The third-order valence-corrected chi connectivity index (χ3v) is 4.33. The van der Waals surface area contributed by atoms with E-state index in [0.717, 1.165) is 25.7 Å². The van der Waals surface area contributed by atoms with Gasteiger partial charge in [0.15, 0.2) is 0 Å². The summed E-state index contributed by atoms with van der Waals surface area (Å²) in [5.41, 5.74) is 6.35. The molecule has 1 fully saturated rings. The molecule has 0 atom stereocenters. The van der Waals surface area contributed by atoms with Crippen molar-refractivity contribution in [3.8, 4) is 5.75 Å². The smallest absolute Gasteiger partial charge is 0.319 e. The molecule has 5 nitrogen and oxygen atoms in total. The van der Waals surface area contributed by atoms with Crippen LogP contribution in [-0.4, -0.2) is 25.2 Å². The molecule has 1 aliphatic carbocycles. The lowest BCUT2D eigenvalue weighted by atomic mass is 9.77. The summed E-state index contributed by atoms with van der Waals surface area (Å²) >= 11 is 0. The van der Waals surface area contributed by atoms with Crippen molar-refractivity contribution < 1.29 is 9.53 Å². The Balaban J connectivity index is 1.96. The number of urea groups is 1. The van der Waals surface area contributed by atoms with Crippen LogP contribution in [0, 0.1) is 5.92 Å². The maximum atomic E-state index is 12.2. The topological polar surface area (TPSA) is 76.4 Å². The van der Waals surface area contributed by atoms with E-state index < -0.39 is 0 Å². The predicted molar refractivity (Wildman–Crippen MR) is 84.6 cm³/mol. The number of amides is 2. The Morgan fingerprint density at radius 3 is 2.76 bits per heavy atom. The lowest BCUT2D eigenvalue weighted by Crippen LogP contribution is -2.56. The lowest BCUT2D eigenvalue weighted by Gasteiger charge is -2.39. The maximum Gasteiger partial charge on any atom is 0.319 e. The minimum Gasteiger partial charge on any atom is -0.497 e. The number of nitrogens with two attached hydrogens (primary N) is 1. The molecule has 1 aromatic rings. The average Bonchev–Trinajstić information content (AvgIpc) is 2.50. The summed E-state index contributed by atoms with van der Waals surface area (Å²) in [5, 5.41) is 5.92. The van der Waals surface area contributed by atoms with Gasteiger partial charge in [0.05, 0.1) is 12.6 Å². The Bertz CT molecular complexity index is 482. The van der Waals surface area contributed by atoms with Gasteiger partial charge in [0.2, 0.25) is 0 Å². The van der Waals surface area contributed by atoms with Crippen molar-refractivity contribution in [3.63, 3.8) is 0 Å². The van der Waals surface area contributed by atoms with E-state index in [1.54, 1.807) is 13.2 Å². The fourth-order valence-corrected chi connectivity index (χ4v) is 2.80. The molecular formula is C16H25N3O2. The fourth-order valence-electron chi connectivity index (χ4n) is 2.80. The van der Waals surface area contributed by atoms with E-state index in [1.165, 1.54) is 0 Å². The van der Waals surface area contributed by atoms with Gasteiger partial charge in [-0.2, -0.15) is 0 Å². The second-order valence-electron chi connectivity index (χ2n) is 5.98. The van der Waals surface area contributed by atoms with E-state index in [0.29, 0.717) is 23.9 Å². The van der Waals surface area contributed by atoms with Crippen LogP contribution < -0.4 is 21.1 Å². The molecule has 2 rings (SSSR count). The van der Waals surface area contributed by atoms with E-state index in [2.05, 4.69) is 17.6 Å². The van der Waals surface area contributed by atoms with E-state index in [-0.39, 0.29) is 11.6 Å². The summed E-state index contributed by atoms with van der Waals surface area (Å²) in [7, 11) is 1.60. The molecule has 0 unspecified atom stereocenters. The third kappa shape index (κ3) is 4.11. The monoisotopic (exact) mass is 291 g/mol. The summed E-state index contributed by atoms with van der Waals surface area (Å²) < 4.78 is 5.15. The van der Waals surface area contributed by atoms with E-state index in [9.17, 15) is 4.79 Å². The molecule has 1 saturated carbocycles. The largest absolute Gasteiger partial charge is 0.497 e. The van der Waals surface area contributed by atoms with Gasteiger partial charge in [-0.15, -0.1) is 0 Å². The van der Waals surface area contributed by atoms with Crippen LogP contribution >= 0.6 is 0 Å². The predicted octanol–water partition coefficient (Wildman–Crippen LogP) is 2.72. The van der Waals surface area contributed by atoms with Gasteiger partial charge >= 0.3 is 6.03 Å². The van der Waals surface area contributed by atoms with Crippen LogP contribution in [0.25, 0.3) is 0 Å². The Labute approximate surface area is 126 Å². The number of hydrogen-bond donors (Lipinski definition) is 3. The first-order valence-electron chi connectivity index (χ1n) is 7.50. The molecular weight excluding hydrogens is 266 g/mol. The van der Waals surface area contributed by atoms with Crippen LogP contribution in [0.15, 0.2) is 24.3 Å². The highest BCUT2D eigenvalue weighted by Gasteiger charge is 2.34. The maximum absolute atomic E-state index is 12.2. The van der Waals surface area contributed by atoms with Gasteiger partial charge in [-0.1, -0.05) is 13.0 Å². The minimum atomic E-state index is -0.268. The first-order valence-corrected chi connectivity index (χ1v) is 7.50. The molecule has 5 heteroatoms. The van der Waals surface area contributed by atoms with Gasteiger partial charge in [0, 0.05) is 18.3 Å². The van der Waals surface area contributed by atoms with Crippen molar-refractivity contribution in [3.05, 3.63) is 24.3 Å². The van der Waals surface area contributed by atoms with Crippen molar-refractivity contribution in [2.24, 2.45) is 11.7 Å². The van der Waals surface area contributed by atoms with Crippen molar-refractivity contribution in [1.29, 1.82) is 0 Å². The number of anilines is 1. The normalized spacial score (nSPS) is 25.2. The molecule has 1 aliphatic rings. The Hall–Kier alpha value is -1.75. The number of methoxy groups -OCH3 is 1. The highest BCUT2D eigenvalue weighted by molar-refractivity contribution is 5.90. The summed E-state index contributed by atoms with van der Waals surface area (Å²) in [6.45, 7) is 2.72. The zero-order valence-electron chi connectivity index (χ0n) is 12.8. The summed E-state index contributed by atoms with van der Waals surface area (Å²) in [6.07, 6.45) is 4.10. The first kappa shape index (κ1) is 15.6.